The zero-order valence-corrected chi connectivity index (χ0v) is 17.3. The highest BCUT2D eigenvalue weighted by molar-refractivity contribution is 6.07. The number of nitro benzene ring substituents is 1. The number of carbonyl (C=O) groups excluding carboxylic acids is 1. The zero-order valence-electron chi connectivity index (χ0n) is 17.3. The SMILES string of the molecule is CCOc1cc([N+](=O)[O-])c(C(=O)Nc2ccc(OC)c(-n3nnnc3C)c2)cc1OC. The molecule has 0 saturated carbocycles. The molecule has 12 nitrogen and oxygen atoms in total. The fourth-order valence-corrected chi connectivity index (χ4v) is 2.90. The lowest BCUT2D eigenvalue weighted by atomic mass is 10.1. The van der Waals surface area contributed by atoms with Gasteiger partial charge in [-0.25, -0.2) is 0 Å². The van der Waals surface area contributed by atoms with Gasteiger partial charge in [0.2, 0.25) is 0 Å². The Morgan fingerprint density at radius 3 is 2.48 bits per heavy atom. The highest BCUT2D eigenvalue weighted by atomic mass is 16.6. The number of aryl methyl sites for hydroxylation is 1. The Kier molecular flexibility index (Phi) is 6.29. The summed E-state index contributed by atoms with van der Waals surface area (Å²) in [6.07, 6.45) is 0. The lowest BCUT2D eigenvalue weighted by Gasteiger charge is -2.13. The van der Waals surface area contributed by atoms with Gasteiger partial charge in [-0.3, -0.25) is 14.9 Å². The molecule has 0 radical (unpaired) electrons. The lowest BCUT2D eigenvalue weighted by Crippen LogP contribution is -2.15. The normalized spacial score (nSPS) is 10.5. The highest BCUT2D eigenvalue weighted by Crippen LogP contribution is 2.35. The smallest absolute Gasteiger partial charge is 0.286 e. The van der Waals surface area contributed by atoms with Crippen LogP contribution in [-0.4, -0.2) is 51.9 Å². The zero-order chi connectivity index (χ0) is 22.5. The van der Waals surface area contributed by atoms with Gasteiger partial charge in [0.05, 0.1) is 31.8 Å². The van der Waals surface area contributed by atoms with E-state index >= 15 is 0 Å². The summed E-state index contributed by atoms with van der Waals surface area (Å²) in [6, 6.07) is 7.25. The second kappa shape index (κ2) is 9.07. The van der Waals surface area contributed by atoms with Gasteiger partial charge in [-0.05, 0) is 42.5 Å². The maximum Gasteiger partial charge on any atom is 0.286 e. The van der Waals surface area contributed by atoms with Gasteiger partial charge < -0.3 is 19.5 Å². The summed E-state index contributed by atoms with van der Waals surface area (Å²) in [6.45, 7) is 3.73. The summed E-state index contributed by atoms with van der Waals surface area (Å²) >= 11 is 0. The molecule has 1 aromatic heterocycles. The van der Waals surface area contributed by atoms with Crippen LogP contribution in [0.5, 0.6) is 17.2 Å². The van der Waals surface area contributed by atoms with E-state index in [0.717, 1.165) is 0 Å². The number of nitro groups is 1. The van der Waals surface area contributed by atoms with Crippen molar-refractivity contribution in [2.45, 2.75) is 13.8 Å². The molecule has 12 heteroatoms. The average molecular weight is 428 g/mol. The summed E-state index contributed by atoms with van der Waals surface area (Å²) in [5.74, 6) is 0.667. The lowest BCUT2D eigenvalue weighted by molar-refractivity contribution is -0.385. The van der Waals surface area contributed by atoms with E-state index in [1.807, 2.05) is 0 Å². The van der Waals surface area contributed by atoms with E-state index < -0.39 is 16.5 Å². The van der Waals surface area contributed by atoms with Crippen molar-refractivity contribution in [1.29, 1.82) is 0 Å². The van der Waals surface area contributed by atoms with Crippen LogP contribution in [0, 0.1) is 17.0 Å². The van der Waals surface area contributed by atoms with Gasteiger partial charge in [0.1, 0.15) is 17.0 Å². The van der Waals surface area contributed by atoms with Crippen molar-refractivity contribution in [3.8, 4) is 22.9 Å². The molecule has 2 aromatic carbocycles. The van der Waals surface area contributed by atoms with Crippen molar-refractivity contribution in [2.75, 3.05) is 26.1 Å². The van der Waals surface area contributed by atoms with Crippen molar-refractivity contribution >= 4 is 17.3 Å². The molecular formula is C19H20N6O6. The first-order chi connectivity index (χ1) is 14.9. The van der Waals surface area contributed by atoms with E-state index in [2.05, 4.69) is 20.8 Å². The monoisotopic (exact) mass is 428 g/mol. The van der Waals surface area contributed by atoms with Crippen LogP contribution >= 0.6 is 0 Å². The van der Waals surface area contributed by atoms with Gasteiger partial charge in [-0.1, -0.05) is 0 Å². The number of rotatable bonds is 8. The van der Waals surface area contributed by atoms with Crippen molar-refractivity contribution in [3.05, 3.63) is 51.8 Å². The number of benzene rings is 2. The first-order valence-electron chi connectivity index (χ1n) is 9.13. The van der Waals surface area contributed by atoms with E-state index in [1.165, 1.54) is 31.0 Å². The van der Waals surface area contributed by atoms with Crippen molar-refractivity contribution in [1.82, 2.24) is 20.2 Å². The van der Waals surface area contributed by atoms with Gasteiger partial charge in [0, 0.05) is 11.8 Å². The molecule has 0 spiro atoms. The summed E-state index contributed by atoms with van der Waals surface area (Å²) in [4.78, 5) is 23.8. The number of aromatic nitrogens is 4. The number of hydrogen-bond acceptors (Lipinski definition) is 9. The molecule has 1 N–H and O–H groups in total. The number of hydrogen-bond donors (Lipinski definition) is 1. The van der Waals surface area contributed by atoms with Crippen LogP contribution < -0.4 is 19.5 Å². The van der Waals surface area contributed by atoms with Crippen LogP contribution in [0.4, 0.5) is 11.4 Å². The third-order valence-electron chi connectivity index (χ3n) is 4.31. The van der Waals surface area contributed by atoms with Gasteiger partial charge in [-0.2, -0.15) is 4.68 Å². The maximum absolute atomic E-state index is 12.9. The Balaban J connectivity index is 2.00. The number of amides is 1. The molecule has 1 heterocycles. The third-order valence-corrected chi connectivity index (χ3v) is 4.31. The van der Waals surface area contributed by atoms with Crippen LogP contribution in [0.3, 0.4) is 0 Å². The van der Waals surface area contributed by atoms with E-state index in [-0.39, 0.29) is 23.7 Å². The van der Waals surface area contributed by atoms with E-state index in [1.54, 1.807) is 32.0 Å². The number of tetrazole rings is 1. The van der Waals surface area contributed by atoms with Gasteiger partial charge in [0.15, 0.2) is 17.3 Å². The van der Waals surface area contributed by atoms with Crippen LogP contribution in [0.1, 0.15) is 23.1 Å². The number of carbonyl (C=O) groups is 1. The number of methoxy groups -OCH3 is 2. The summed E-state index contributed by atoms with van der Waals surface area (Å²) < 4.78 is 17.4. The standard InChI is InChI=1S/C19H20N6O6/c1-5-31-18-10-14(25(27)28)13(9-17(18)30-4)19(26)20-12-6-7-16(29-3)15(8-12)24-11(2)21-22-23-24/h6-10H,5H2,1-4H3,(H,20,26). The topological polar surface area (TPSA) is 144 Å². The molecule has 0 bridgehead atoms. The molecule has 0 aliphatic carbocycles. The molecule has 0 aliphatic rings. The van der Waals surface area contributed by atoms with Crippen molar-refractivity contribution in [2.24, 2.45) is 0 Å². The Hall–Kier alpha value is -4.22. The minimum Gasteiger partial charge on any atom is -0.494 e. The molecule has 1 amide bonds. The first kappa shape index (κ1) is 21.5. The first-order valence-corrected chi connectivity index (χ1v) is 9.13. The molecule has 0 saturated heterocycles. The number of anilines is 1. The average Bonchev–Trinajstić information content (AvgIpc) is 3.19. The second-order valence-corrected chi connectivity index (χ2v) is 6.19. The summed E-state index contributed by atoms with van der Waals surface area (Å²) in [5, 5.41) is 25.6. The minimum atomic E-state index is -0.697. The van der Waals surface area contributed by atoms with Crippen LogP contribution in [0.15, 0.2) is 30.3 Å². The fraction of sp³-hybridized carbons (Fsp3) is 0.263. The minimum absolute atomic E-state index is 0.175. The highest BCUT2D eigenvalue weighted by Gasteiger charge is 2.25. The van der Waals surface area contributed by atoms with Crippen molar-refractivity contribution in [3.63, 3.8) is 0 Å². The molecule has 0 aliphatic heterocycles. The largest absolute Gasteiger partial charge is 0.494 e. The van der Waals surface area contributed by atoms with Gasteiger partial charge in [0.25, 0.3) is 11.6 Å². The second-order valence-electron chi connectivity index (χ2n) is 6.19. The molecule has 3 aromatic rings. The van der Waals surface area contributed by atoms with Crippen molar-refractivity contribution < 1.29 is 23.9 Å². The molecule has 0 fully saturated rings. The van der Waals surface area contributed by atoms with Gasteiger partial charge in [-0.15, -0.1) is 5.10 Å². The van der Waals surface area contributed by atoms with Crippen LogP contribution in [0.2, 0.25) is 0 Å². The number of nitrogens with zero attached hydrogens (tertiary/aromatic N) is 5. The van der Waals surface area contributed by atoms with E-state index in [9.17, 15) is 14.9 Å². The molecule has 0 unspecified atom stereocenters. The number of ether oxygens (including phenoxy) is 3. The molecule has 162 valence electrons. The summed E-state index contributed by atoms with van der Waals surface area (Å²) in [5.41, 5.74) is 0.257. The predicted molar refractivity (Wildman–Crippen MR) is 109 cm³/mol. The van der Waals surface area contributed by atoms with Gasteiger partial charge >= 0.3 is 0 Å². The fourth-order valence-electron chi connectivity index (χ4n) is 2.90. The summed E-state index contributed by atoms with van der Waals surface area (Å²) in [7, 11) is 2.88. The quantitative estimate of drug-likeness (QED) is 0.423. The molecular weight excluding hydrogens is 408 g/mol. The van der Waals surface area contributed by atoms with Crippen LogP contribution in [0.25, 0.3) is 5.69 Å². The Morgan fingerprint density at radius 1 is 1.16 bits per heavy atom. The van der Waals surface area contributed by atoms with Crippen LogP contribution in [-0.2, 0) is 0 Å². The Bertz CT molecular complexity index is 1130. The van der Waals surface area contributed by atoms with E-state index in [4.69, 9.17) is 14.2 Å². The Labute approximate surface area is 176 Å². The number of nitrogens with one attached hydrogen (secondary N) is 1. The third kappa shape index (κ3) is 4.37. The molecule has 31 heavy (non-hydrogen) atoms. The molecule has 3 rings (SSSR count). The van der Waals surface area contributed by atoms with E-state index in [0.29, 0.717) is 22.9 Å². The Morgan fingerprint density at radius 2 is 1.90 bits per heavy atom. The maximum atomic E-state index is 12.9. The molecule has 0 atom stereocenters. The predicted octanol–water partition coefficient (Wildman–Crippen LogP) is 2.55.